The third kappa shape index (κ3) is 2.04. The molecule has 74 valence electrons. The van der Waals surface area contributed by atoms with E-state index in [1.807, 2.05) is 0 Å². The minimum atomic E-state index is 0.306. The van der Waals surface area contributed by atoms with Gasteiger partial charge in [0.1, 0.15) is 0 Å². The first-order chi connectivity index (χ1) is 6.16. The molecular weight excluding hydrogens is 162 g/mol. The van der Waals surface area contributed by atoms with E-state index in [1.54, 1.807) is 0 Å². The summed E-state index contributed by atoms with van der Waals surface area (Å²) in [6, 6.07) is 0. The molecule has 2 aliphatic rings. The Labute approximate surface area is 80.1 Å². The maximum atomic E-state index is 11.6. The number of amides is 1. The maximum Gasteiger partial charge on any atom is 0.223 e. The van der Waals surface area contributed by atoms with Crippen LogP contribution in [-0.2, 0) is 4.79 Å². The number of hydrogen-bond donors (Lipinski definition) is 1. The quantitative estimate of drug-likeness (QED) is 0.706. The van der Waals surface area contributed by atoms with E-state index >= 15 is 0 Å². The lowest BCUT2D eigenvalue weighted by atomic mass is 10.0. The molecule has 2 aliphatic carbocycles. The molecular formula is C11H19NO. The molecule has 2 saturated carbocycles. The molecule has 0 bridgehead atoms. The fraction of sp³-hybridized carbons (Fsp3) is 0.909. The van der Waals surface area contributed by atoms with Crippen molar-refractivity contribution in [3.8, 4) is 0 Å². The molecule has 2 nitrogen and oxygen atoms in total. The zero-order valence-corrected chi connectivity index (χ0v) is 8.55. The summed E-state index contributed by atoms with van der Waals surface area (Å²) >= 11 is 0. The summed E-state index contributed by atoms with van der Waals surface area (Å²) < 4.78 is 0. The molecule has 0 spiro atoms. The second-order valence-corrected chi connectivity index (χ2v) is 5.06. The first-order valence-corrected chi connectivity index (χ1v) is 5.44. The van der Waals surface area contributed by atoms with Crippen LogP contribution in [0.15, 0.2) is 0 Å². The van der Waals surface area contributed by atoms with Gasteiger partial charge >= 0.3 is 0 Å². The lowest BCUT2D eigenvalue weighted by molar-refractivity contribution is -0.125. The van der Waals surface area contributed by atoms with Gasteiger partial charge in [0.15, 0.2) is 0 Å². The Balaban J connectivity index is 1.71. The summed E-state index contributed by atoms with van der Waals surface area (Å²) in [6.45, 7) is 5.10. The zero-order chi connectivity index (χ0) is 9.42. The Morgan fingerprint density at radius 2 is 1.92 bits per heavy atom. The molecule has 13 heavy (non-hydrogen) atoms. The Bertz CT molecular complexity index is 202. The average molecular weight is 181 g/mol. The molecule has 2 fully saturated rings. The van der Waals surface area contributed by atoms with Gasteiger partial charge in [-0.15, -0.1) is 0 Å². The van der Waals surface area contributed by atoms with Crippen molar-refractivity contribution in [3.05, 3.63) is 0 Å². The van der Waals surface area contributed by atoms with Crippen LogP contribution in [0.3, 0.4) is 0 Å². The number of carbonyl (C=O) groups is 1. The molecule has 0 aromatic heterocycles. The molecule has 0 aromatic carbocycles. The van der Waals surface area contributed by atoms with Gasteiger partial charge in [-0.05, 0) is 37.0 Å². The standard InChI is InChI=1S/C11H19NO/c1-7(2)6-12-11(13)10-4-8-3-9(8)5-10/h7-10H,3-6H2,1-2H3,(H,12,13). The van der Waals surface area contributed by atoms with E-state index in [0.29, 0.717) is 17.7 Å². The van der Waals surface area contributed by atoms with Crippen molar-refractivity contribution < 1.29 is 4.79 Å². The highest BCUT2D eigenvalue weighted by molar-refractivity contribution is 5.79. The monoisotopic (exact) mass is 181 g/mol. The Hall–Kier alpha value is -0.530. The van der Waals surface area contributed by atoms with Crippen molar-refractivity contribution >= 4 is 5.91 Å². The van der Waals surface area contributed by atoms with E-state index in [-0.39, 0.29) is 0 Å². The fourth-order valence-electron chi connectivity index (χ4n) is 2.38. The SMILES string of the molecule is CC(C)CNC(=O)C1CC2CC2C1. The molecule has 0 aromatic rings. The van der Waals surface area contributed by atoms with Crippen LogP contribution in [0.5, 0.6) is 0 Å². The van der Waals surface area contributed by atoms with Gasteiger partial charge in [0, 0.05) is 12.5 Å². The zero-order valence-electron chi connectivity index (χ0n) is 8.55. The largest absolute Gasteiger partial charge is 0.356 e. The summed E-state index contributed by atoms with van der Waals surface area (Å²) in [4.78, 5) is 11.6. The van der Waals surface area contributed by atoms with E-state index in [9.17, 15) is 4.79 Å². The molecule has 0 aliphatic heterocycles. The molecule has 2 atom stereocenters. The Morgan fingerprint density at radius 3 is 2.46 bits per heavy atom. The number of fused-ring (bicyclic) bond motifs is 1. The van der Waals surface area contributed by atoms with Crippen LogP contribution >= 0.6 is 0 Å². The van der Waals surface area contributed by atoms with Gasteiger partial charge < -0.3 is 5.32 Å². The lowest BCUT2D eigenvalue weighted by Crippen LogP contribution is -2.32. The van der Waals surface area contributed by atoms with Gasteiger partial charge in [-0.2, -0.15) is 0 Å². The van der Waals surface area contributed by atoms with Crippen LogP contribution in [0.25, 0.3) is 0 Å². The molecule has 1 N–H and O–H groups in total. The lowest BCUT2D eigenvalue weighted by Gasteiger charge is -2.13. The minimum absolute atomic E-state index is 0.306. The molecule has 2 heteroatoms. The number of rotatable bonds is 3. The highest BCUT2D eigenvalue weighted by Crippen LogP contribution is 2.54. The number of carbonyl (C=O) groups excluding carboxylic acids is 1. The van der Waals surface area contributed by atoms with E-state index in [1.165, 1.54) is 6.42 Å². The second kappa shape index (κ2) is 3.32. The minimum Gasteiger partial charge on any atom is -0.356 e. The average Bonchev–Trinajstić information content (AvgIpc) is 2.69. The van der Waals surface area contributed by atoms with E-state index in [2.05, 4.69) is 19.2 Å². The third-order valence-electron chi connectivity index (χ3n) is 3.30. The number of hydrogen-bond acceptors (Lipinski definition) is 1. The first kappa shape index (κ1) is 9.04. The highest BCUT2D eigenvalue weighted by Gasteiger charge is 2.47. The van der Waals surface area contributed by atoms with Crippen LogP contribution in [0, 0.1) is 23.7 Å². The summed E-state index contributed by atoms with van der Waals surface area (Å²) in [5.41, 5.74) is 0. The third-order valence-corrected chi connectivity index (χ3v) is 3.30. The van der Waals surface area contributed by atoms with Crippen molar-refractivity contribution in [2.24, 2.45) is 23.7 Å². The van der Waals surface area contributed by atoms with Gasteiger partial charge in [-0.3, -0.25) is 4.79 Å². The van der Waals surface area contributed by atoms with E-state index < -0.39 is 0 Å². The normalized spacial score (nSPS) is 36.1. The van der Waals surface area contributed by atoms with Gasteiger partial charge in [0.25, 0.3) is 0 Å². The van der Waals surface area contributed by atoms with Crippen LogP contribution in [0.2, 0.25) is 0 Å². The first-order valence-electron chi connectivity index (χ1n) is 5.44. The summed E-state index contributed by atoms with van der Waals surface area (Å²) in [7, 11) is 0. The van der Waals surface area contributed by atoms with Crippen LogP contribution in [0.4, 0.5) is 0 Å². The van der Waals surface area contributed by atoms with Crippen molar-refractivity contribution in [3.63, 3.8) is 0 Å². The van der Waals surface area contributed by atoms with Crippen molar-refractivity contribution in [1.82, 2.24) is 5.32 Å². The molecule has 1 amide bonds. The highest BCUT2D eigenvalue weighted by atomic mass is 16.1. The molecule has 2 unspecified atom stereocenters. The summed E-state index contributed by atoms with van der Waals surface area (Å²) in [6.07, 6.45) is 3.72. The van der Waals surface area contributed by atoms with Crippen molar-refractivity contribution in [2.75, 3.05) is 6.54 Å². The topological polar surface area (TPSA) is 29.1 Å². The van der Waals surface area contributed by atoms with E-state index in [4.69, 9.17) is 0 Å². The number of nitrogens with one attached hydrogen (secondary N) is 1. The molecule has 0 heterocycles. The van der Waals surface area contributed by atoms with Gasteiger partial charge in [0.05, 0.1) is 0 Å². The molecule has 2 rings (SSSR count). The second-order valence-electron chi connectivity index (χ2n) is 5.06. The van der Waals surface area contributed by atoms with Crippen molar-refractivity contribution in [2.45, 2.75) is 33.1 Å². The van der Waals surface area contributed by atoms with Crippen molar-refractivity contribution in [1.29, 1.82) is 0 Å². The summed E-state index contributed by atoms with van der Waals surface area (Å²) in [5, 5.41) is 3.03. The van der Waals surface area contributed by atoms with Crippen LogP contribution < -0.4 is 5.32 Å². The van der Waals surface area contributed by atoms with Crippen LogP contribution in [0.1, 0.15) is 33.1 Å². The van der Waals surface area contributed by atoms with Crippen LogP contribution in [-0.4, -0.2) is 12.5 Å². The predicted octanol–water partition coefficient (Wildman–Crippen LogP) is 1.80. The fourth-order valence-corrected chi connectivity index (χ4v) is 2.38. The van der Waals surface area contributed by atoms with Gasteiger partial charge in [-0.25, -0.2) is 0 Å². The predicted molar refractivity (Wildman–Crippen MR) is 52.2 cm³/mol. The van der Waals surface area contributed by atoms with Gasteiger partial charge in [0.2, 0.25) is 5.91 Å². The Kier molecular flexibility index (Phi) is 2.31. The smallest absolute Gasteiger partial charge is 0.223 e. The van der Waals surface area contributed by atoms with E-state index in [0.717, 1.165) is 31.2 Å². The maximum absolute atomic E-state index is 11.6. The molecule has 0 saturated heterocycles. The van der Waals surface area contributed by atoms with Gasteiger partial charge in [-0.1, -0.05) is 13.8 Å². The molecule has 0 radical (unpaired) electrons. The Morgan fingerprint density at radius 1 is 1.31 bits per heavy atom. The summed E-state index contributed by atoms with van der Waals surface area (Å²) in [5.74, 6) is 3.05.